The predicted molar refractivity (Wildman–Crippen MR) is 117 cm³/mol. The van der Waals surface area contributed by atoms with Gasteiger partial charge in [-0.3, -0.25) is 33.6 Å². The van der Waals surface area contributed by atoms with Crippen molar-refractivity contribution in [2.45, 2.75) is 52.0 Å². The predicted octanol–water partition coefficient (Wildman–Crippen LogP) is 0.0735. The molecule has 1 aromatic heterocycles. The summed E-state index contributed by atoms with van der Waals surface area (Å²) < 4.78 is 6.29. The Morgan fingerprint density at radius 2 is 1.78 bits per heavy atom. The van der Waals surface area contributed by atoms with Gasteiger partial charge in [0.15, 0.2) is 5.69 Å². The molecule has 0 spiro atoms. The monoisotopic (exact) mass is 449 g/mol. The fraction of sp³-hybridized carbons (Fsp3) is 0.667. The van der Waals surface area contributed by atoms with Crippen LogP contribution in [0, 0.1) is 11.8 Å². The number of rotatable bonds is 9. The molecule has 1 aliphatic heterocycles. The van der Waals surface area contributed by atoms with E-state index in [2.05, 4.69) is 4.98 Å². The van der Waals surface area contributed by atoms with Gasteiger partial charge in [0.25, 0.3) is 5.56 Å². The molecule has 1 saturated carbocycles. The number of carbonyl (C=O) groups excluding carboxylic acids is 3. The molecule has 0 bridgehead atoms. The number of unbranched alkanes of at least 4 members (excludes halogenated alkanes) is 1. The van der Waals surface area contributed by atoms with E-state index in [-0.39, 0.29) is 54.9 Å². The molecule has 3 N–H and O–H groups in total. The number of amides is 3. The van der Waals surface area contributed by atoms with Gasteiger partial charge in [-0.25, -0.2) is 4.79 Å². The summed E-state index contributed by atoms with van der Waals surface area (Å²) in [5.41, 5.74) is 4.51. The Morgan fingerprint density at radius 1 is 1.16 bits per heavy atom. The first-order chi connectivity index (χ1) is 15.3. The zero-order valence-corrected chi connectivity index (χ0v) is 18.6. The number of H-pyrrole nitrogens is 1. The summed E-state index contributed by atoms with van der Waals surface area (Å²) in [4.78, 5) is 68.0. The van der Waals surface area contributed by atoms with Crippen LogP contribution in [0.1, 0.15) is 45.4 Å². The van der Waals surface area contributed by atoms with E-state index in [0.717, 1.165) is 29.1 Å². The van der Waals surface area contributed by atoms with E-state index in [1.807, 2.05) is 6.92 Å². The number of imide groups is 1. The third kappa shape index (κ3) is 4.47. The highest BCUT2D eigenvalue weighted by Crippen LogP contribution is 2.38. The van der Waals surface area contributed by atoms with Crippen LogP contribution in [0.2, 0.25) is 0 Å². The molecule has 11 nitrogen and oxygen atoms in total. The summed E-state index contributed by atoms with van der Waals surface area (Å²) in [5.74, 6) is -2.20. The third-order valence-corrected chi connectivity index (χ3v) is 6.27. The van der Waals surface area contributed by atoms with Crippen LogP contribution in [0.25, 0.3) is 0 Å². The lowest BCUT2D eigenvalue weighted by Gasteiger charge is -2.26. The molecule has 2 heterocycles. The molecule has 2 atom stereocenters. The normalized spacial score (nSPS) is 20.5. The Bertz CT molecular complexity index is 975. The highest BCUT2D eigenvalue weighted by molar-refractivity contribution is 6.09. The van der Waals surface area contributed by atoms with Gasteiger partial charge < -0.3 is 15.4 Å². The van der Waals surface area contributed by atoms with Crippen LogP contribution in [-0.4, -0.2) is 59.0 Å². The van der Waals surface area contributed by atoms with Gasteiger partial charge in [-0.05, 0) is 19.3 Å². The van der Waals surface area contributed by atoms with E-state index in [4.69, 9.17) is 10.5 Å². The third-order valence-electron chi connectivity index (χ3n) is 6.27. The molecular formula is C21H31N5O6. The fourth-order valence-electron chi connectivity index (χ4n) is 4.53. The molecule has 1 saturated heterocycles. The Balaban J connectivity index is 1.92. The van der Waals surface area contributed by atoms with E-state index in [9.17, 15) is 24.0 Å². The minimum atomic E-state index is -0.808. The van der Waals surface area contributed by atoms with E-state index in [1.54, 1.807) is 0 Å². The first-order valence-corrected chi connectivity index (χ1v) is 11.1. The second-order valence-electron chi connectivity index (χ2n) is 8.30. The van der Waals surface area contributed by atoms with Crippen LogP contribution in [-0.2, 0) is 25.7 Å². The molecule has 3 amide bonds. The van der Waals surface area contributed by atoms with Crippen LogP contribution in [0.5, 0.6) is 0 Å². The number of aromatic nitrogens is 2. The number of hydrogen-bond acceptors (Lipinski definition) is 7. The number of fused-ring (bicyclic) bond motifs is 1. The van der Waals surface area contributed by atoms with Crippen molar-refractivity contribution < 1.29 is 19.1 Å². The van der Waals surface area contributed by atoms with E-state index in [1.165, 1.54) is 11.7 Å². The van der Waals surface area contributed by atoms with Crippen molar-refractivity contribution in [1.29, 1.82) is 0 Å². The van der Waals surface area contributed by atoms with Crippen LogP contribution >= 0.6 is 0 Å². The van der Waals surface area contributed by atoms with Crippen molar-refractivity contribution in [2.75, 3.05) is 37.4 Å². The lowest BCUT2D eigenvalue weighted by atomic mass is 9.81. The highest BCUT2D eigenvalue weighted by Gasteiger charge is 2.49. The molecule has 1 aromatic rings. The van der Waals surface area contributed by atoms with Gasteiger partial charge in [-0.1, -0.05) is 26.2 Å². The van der Waals surface area contributed by atoms with Crippen LogP contribution < -0.4 is 21.9 Å². The second-order valence-corrected chi connectivity index (χ2v) is 8.30. The molecule has 176 valence electrons. The number of nitrogens with two attached hydrogens (primary N) is 1. The second kappa shape index (κ2) is 10.1. The summed E-state index contributed by atoms with van der Waals surface area (Å²) in [5, 5.41) is 0. The maximum Gasteiger partial charge on any atom is 0.330 e. The van der Waals surface area contributed by atoms with Crippen molar-refractivity contribution in [3.05, 3.63) is 20.8 Å². The van der Waals surface area contributed by atoms with Crippen LogP contribution in [0.3, 0.4) is 0 Å². The number of nitrogens with zero attached hydrogens (tertiary/aromatic N) is 3. The average molecular weight is 450 g/mol. The van der Waals surface area contributed by atoms with E-state index < -0.39 is 23.7 Å². The smallest absolute Gasteiger partial charge is 0.330 e. The van der Waals surface area contributed by atoms with Crippen molar-refractivity contribution in [3.63, 3.8) is 0 Å². The van der Waals surface area contributed by atoms with Crippen molar-refractivity contribution >= 4 is 29.2 Å². The molecule has 0 aromatic carbocycles. The molecule has 32 heavy (non-hydrogen) atoms. The number of anilines is 2. The molecule has 11 heteroatoms. The fourth-order valence-corrected chi connectivity index (χ4v) is 4.53. The SMILES string of the molecule is CCCCn1c(N)c(N(CCOC)C(=O)CN2C(=O)[C@H]3CCCC[C@H]3C2=O)c(=O)[nH]c1=O. The number of carbonyl (C=O) groups is 3. The number of likely N-dealkylation sites (tertiary alicyclic amines) is 1. The molecule has 2 aliphatic rings. The van der Waals surface area contributed by atoms with E-state index >= 15 is 0 Å². The topological polar surface area (TPSA) is 148 Å². The quantitative estimate of drug-likeness (QED) is 0.507. The van der Waals surface area contributed by atoms with Crippen molar-refractivity contribution in [3.8, 4) is 0 Å². The lowest BCUT2D eigenvalue weighted by Crippen LogP contribution is -2.47. The summed E-state index contributed by atoms with van der Waals surface area (Å²) in [6.45, 7) is 1.80. The average Bonchev–Trinajstić information content (AvgIpc) is 3.00. The maximum absolute atomic E-state index is 13.2. The Hall–Kier alpha value is -2.95. The summed E-state index contributed by atoms with van der Waals surface area (Å²) in [6, 6.07) is 0. The summed E-state index contributed by atoms with van der Waals surface area (Å²) in [7, 11) is 1.44. The number of nitrogen functional groups attached to an aromatic ring is 1. The van der Waals surface area contributed by atoms with Gasteiger partial charge in [-0.15, -0.1) is 0 Å². The Kier molecular flexibility index (Phi) is 7.49. The summed E-state index contributed by atoms with van der Waals surface area (Å²) >= 11 is 0. The van der Waals surface area contributed by atoms with Gasteiger partial charge in [0.1, 0.15) is 12.4 Å². The van der Waals surface area contributed by atoms with Crippen molar-refractivity contribution in [2.24, 2.45) is 11.8 Å². The molecule has 1 aliphatic carbocycles. The Labute approximate surface area is 185 Å². The number of aromatic amines is 1. The highest BCUT2D eigenvalue weighted by atomic mass is 16.5. The van der Waals surface area contributed by atoms with Gasteiger partial charge >= 0.3 is 5.69 Å². The van der Waals surface area contributed by atoms with Crippen LogP contribution in [0.15, 0.2) is 9.59 Å². The number of ether oxygens (including phenoxy) is 1. The molecular weight excluding hydrogens is 418 g/mol. The largest absolute Gasteiger partial charge is 0.383 e. The standard InChI is InChI=1S/C21H31N5O6/c1-3-4-9-25-17(22)16(18(28)23-21(25)31)24(10-11-32-2)15(27)12-26-19(29)13-7-5-6-8-14(13)20(26)30/h13-14H,3-12,22H2,1-2H3,(H,23,28,31)/t13-,14+. The molecule has 0 unspecified atom stereocenters. The maximum atomic E-state index is 13.2. The minimum Gasteiger partial charge on any atom is -0.383 e. The zero-order valence-electron chi connectivity index (χ0n) is 18.6. The summed E-state index contributed by atoms with van der Waals surface area (Å²) in [6.07, 6.45) is 4.50. The van der Waals surface area contributed by atoms with Gasteiger partial charge in [-0.2, -0.15) is 0 Å². The van der Waals surface area contributed by atoms with Gasteiger partial charge in [0, 0.05) is 20.2 Å². The first kappa shape index (κ1) is 23.7. The number of methoxy groups -OCH3 is 1. The minimum absolute atomic E-state index is 0.0301. The Morgan fingerprint density at radius 3 is 2.34 bits per heavy atom. The molecule has 0 radical (unpaired) electrons. The van der Waals surface area contributed by atoms with Crippen LogP contribution in [0.4, 0.5) is 11.5 Å². The molecule has 2 fully saturated rings. The van der Waals surface area contributed by atoms with Crippen molar-refractivity contribution in [1.82, 2.24) is 14.5 Å². The van der Waals surface area contributed by atoms with Gasteiger partial charge in [0.05, 0.1) is 18.4 Å². The van der Waals surface area contributed by atoms with E-state index in [0.29, 0.717) is 19.3 Å². The zero-order chi connectivity index (χ0) is 23.4. The molecule has 3 rings (SSSR count). The number of nitrogens with one attached hydrogen (secondary N) is 1. The van der Waals surface area contributed by atoms with Gasteiger partial charge in [0.2, 0.25) is 17.7 Å². The first-order valence-electron chi connectivity index (χ1n) is 11.1. The number of hydrogen-bond donors (Lipinski definition) is 2. The lowest BCUT2D eigenvalue weighted by molar-refractivity contribution is -0.143.